The van der Waals surface area contributed by atoms with E-state index in [1.54, 1.807) is 11.9 Å². The van der Waals surface area contributed by atoms with Gasteiger partial charge in [0.2, 0.25) is 6.29 Å². The van der Waals surface area contributed by atoms with Crippen LogP contribution in [0.4, 0.5) is 0 Å². The Morgan fingerprint density at radius 1 is 1.25 bits per heavy atom. The molecule has 4 heteroatoms. The lowest BCUT2D eigenvalue weighted by Gasteiger charge is -2.21. The fraction of sp³-hybridized carbons (Fsp3) is 0.417. The van der Waals surface area contributed by atoms with E-state index in [2.05, 4.69) is 0 Å². The molecule has 16 heavy (non-hydrogen) atoms. The Morgan fingerprint density at radius 2 is 1.81 bits per heavy atom. The third-order valence-corrected chi connectivity index (χ3v) is 2.27. The number of methoxy groups -OCH3 is 2. The lowest BCUT2D eigenvalue weighted by Crippen LogP contribution is -2.38. The van der Waals surface area contributed by atoms with Gasteiger partial charge in [0.1, 0.15) is 0 Å². The summed E-state index contributed by atoms with van der Waals surface area (Å²) in [5, 5.41) is 0. The minimum atomic E-state index is -0.825. The zero-order valence-electron chi connectivity index (χ0n) is 9.84. The molecule has 0 atom stereocenters. The van der Waals surface area contributed by atoms with Crippen molar-refractivity contribution in [1.82, 2.24) is 4.90 Å². The zero-order valence-corrected chi connectivity index (χ0v) is 9.84. The first kappa shape index (κ1) is 12.7. The molecule has 0 aliphatic heterocycles. The Bertz CT molecular complexity index is 322. The Kier molecular flexibility index (Phi) is 4.95. The second kappa shape index (κ2) is 6.25. The highest BCUT2D eigenvalue weighted by molar-refractivity contribution is 5.79. The molecule has 1 rings (SSSR count). The van der Waals surface area contributed by atoms with Crippen LogP contribution in [0, 0.1) is 0 Å². The van der Waals surface area contributed by atoms with Crippen molar-refractivity contribution in [3.05, 3.63) is 35.9 Å². The summed E-state index contributed by atoms with van der Waals surface area (Å²) in [6.45, 7) is 0.545. The van der Waals surface area contributed by atoms with Gasteiger partial charge >= 0.3 is 0 Å². The van der Waals surface area contributed by atoms with Crippen LogP contribution in [0.2, 0.25) is 0 Å². The van der Waals surface area contributed by atoms with Gasteiger partial charge in [0.15, 0.2) is 0 Å². The zero-order chi connectivity index (χ0) is 12.0. The maximum absolute atomic E-state index is 11.8. The number of ether oxygens (including phenoxy) is 2. The van der Waals surface area contributed by atoms with Crippen LogP contribution >= 0.6 is 0 Å². The molecule has 88 valence electrons. The number of carbonyl (C=O) groups excluding carboxylic acids is 1. The average molecular weight is 223 g/mol. The van der Waals surface area contributed by atoms with Crippen molar-refractivity contribution in [3.63, 3.8) is 0 Å². The highest BCUT2D eigenvalue weighted by Gasteiger charge is 2.20. The standard InChI is InChI=1S/C12H17NO3/c1-13(11(14)12(15-2)16-3)9-10-7-5-4-6-8-10/h4-8,12H,9H2,1-3H3. The number of amides is 1. The Labute approximate surface area is 95.8 Å². The van der Waals surface area contributed by atoms with Crippen LogP contribution in [-0.2, 0) is 20.8 Å². The Balaban J connectivity index is 2.58. The second-order valence-corrected chi connectivity index (χ2v) is 3.48. The minimum absolute atomic E-state index is 0.186. The smallest absolute Gasteiger partial charge is 0.279 e. The van der Waals surface area contributed by atoms with E-state index in [4.69, 9.17) is 9.47 Å². The number of benzene rings is 1. The van der Waals surface area contributed by atoms with E-state index in [1.165, 1.54) is 14.2 Å². The van der Waals surface area contributed by atoms with Crippen molar-refractivity contribution in [3.8, 4) is 0 Å². The van der Waals surface area contributed by atoms with E-state index in [1.807, 2.05) is 30.3 Å². The second-order valence-electron chi connectivity index (χ2n) is 3.48. The van der Waals surface area contributed by atoms with Crippen LogP contribution in [0.5, 0.6) is 0 Å². The molecular formula is C12H17NO3. The third kappa shape index (κ3) is 3.32. The van der Waals surface area contributed by atoms with Gasteiger partial charge in [0.05, 0.1) is 0 Å². The molecule has 0 saturated carbocycles. The van der Waals surface area contributed by atoms with Crippen molar-refractivity contribution < 1.29 is 14.3 Å². The number of likely N-dealkylation sites (N-methyl/N-ethyl adjacent to an activating group) is 1. The lowest BCUT2D eigenvalue weighted by atomic mass is 10.2. The molecular weight excluding hydrogens is 206 g/mol. The molecule has 4 nitrogen and oxygen atoms in total. The Hall–Kier alpha value is -1.39. The van der Waals surface area contributed by atoms with Crippen molar-refractivity contribution >= 4 is 5.91 Å². The molecule has 0 bridgehead atoms. The van der Waals surface area contributed by atoms with Crippen LogP contribution in [0.3, 0.4) is 0 Å². The molecule has 0 fully saturated rings. The first-order valence-electron chi connectivity index (χ1n) is 5.03. The molecule has 0 aliphatic rings. The van der Waals surface area contributed by atoms with Gasteiger partial charge in [-0.1, -0.05) is 30.3 Å². The van der Waals surface area contributed by atoms with Crippen molar-refractivity contribution in [2.24, 2.45) is 0 Å². The quantitative estimate of drug-likeness (QED) is 0.705. The monoisotopic (exact) mass is 223 g/mol. The molecule has 0 N–H and O–H groups in total. The van der Waals surface area contributed by atoms with Gasteiger partial charge in [-0.05, 0) is 5.56 Å². The molecule has 0 aromatic heterocycles. The molecule has 0 aliphatic carbocycles. The largest absolute Gasteiger partial charge is 0.348 e. The molecule has 1 amide bonds. The normalized spacial score (nSPS) is 10.5. The number of carbonyl (C=O) groups is 1. The SMILES string of the molecule is COC(OC)C(=O)N(C)Cc1ccccc1. The number of rotatable bonds is 5. The minimum Gasteiger partial charge on any atom is -0.348 e. The van der Waals surface area contributed by atoms with Gasteiger partial charge in [-0.15, -0.1) is 0 Å². The summed E-state index contributed by atoms with van der Waals surface area (Å²) >= 11 is 0. The molecule has 0 radical (unpaired) electrons. The van der Waals surface area contributed by atoms with E-state index in [0.29, 0.717) is 6.54 Å². The highest BCUT2D eigenvalue weighted by Crippen LogP contribution is 2.05. The predicted molar refractivity (Wildman–Crippen MR) is 60.7 cm³/mol. The van der Waals surface area contributed by atoms with Gasteiger partial charge < -0.3 is 14.4 Å². The van der Waals surface area contributed by atoms with E-state index in [9.17, 15) is 4.79 Å². The van der Waals surface area contributed by atoms with E-state index in [0.717, 1.165) is 5.56 Å². The highest BCUT2D eigenvalue weighted by atomic mass is 16.7. The van der Waals surface area contributed by atoms with Crippen molar-refractivity contribution in [1.29, 1.82) is 0 Å². The lowest BCUT2D eigenvalue weighted by molar-refractivity contribution is -0.169. The van der Waals surface area contributed by atoms with E-state index >= 15 is 0 Å². The number of hydrogen-bond acceptors (Lipinski definition) is 3. The van der Waals surface area contributed by atoms with Crippen LogP contribution in [0.1, 0.15) is 5.56 Å². The summed E-state index contributed by atoms with van der Waals surface area (Å²) in [6.07, 6.45) is -0.825. The van der Waals surface area contributed by atoms with Gasteiger partial charge in [0, 0.05) is 27.8 Å². The average Bonchev–Trinajstić information content (AvgIpc) is 2.31. The molecule has 0 spiro atoms. The van der Waals surface area contributed by atoms with E-state index < -0.39 is 6.29 Å². The van der Waals surface area contributed by atoms with Crippen LogP contribution in [0.15, 0.2) is 30.3 Å². The predicted octanol–water partition coefficient (Wildman–Crippen LogP) is 1.26. The summed E-state index contributed by atoms with van der Waals surface area (Å²) in [4.78, 5) is 13.4. The topological polar surface area (TPSA) is 38.8 Å². The fourth-order valence-corrected chi connectivity index (χ4v) is 1.41. The van der Waals surface area contributed by atoms with E-state index in [-0.39, 0.29) is 5.91 Å². The number of nitrogens with zero attached hydrogens (tertiary/aromatic N) is 1. The summed E-state index contributed by atoms with van der Waals surface area (Å²) in [6, 6.07) is 9.77. The maximum atomic E-state index is 11.8. The molecule has 0 saturated heterocycles. The summed E-state index contributed by atoms with van der Waals surface area (Å²) in [5.74, 6) is -0.186. The van der Waals surface area contributed by atoms with Crippen LogP contribution in [0.25, 0.3) is 0 Å². The fourth-order valence-electron chi connectivity index (χ4n) is 1.41. The maximum Gasteiger partial charge on any atom is 0.279 e. The van der Waals surface area contributed by atoms with Crippen molar-refractivity contribution in [2.45, 2.75) is 12.8 Å². The van der Waals surface area contributed by atoms with Gasteiger partial charge in [-0.2, -0.15) is 0 Å². The summed E-state index contributed by atoms with van der Waals surface area (Å²) < 4.78 is 9.81. The van der Waals surface area contributed by atoms with Crippen LogP contribution < -0.4 is 0 Å². The third-order valence-electron chi connectivity index (χ3n) is 2.27. The molecule has 1 aromatic carbocycles. The van der Waals surface area contributed by atoms with Gasteiger partial charge in [0.25, 0.3) is 5.91 Å². The van der Waals surface area contributed by atoms with Crippen molar-refractivity contribution in [2.75, 3.05) is 21.3 Å². The number of hydrogen-bond donors (Lipinski definition) is 0. The van der Waals surface area contributed by atoms with Gasteiger partial charge in [-0.25, -0.2) is 0 Å². The van der Waals surface area contributed by atoms with Crippen LogP contribution in [-0.4, -0.2) is 38.4 Å². The molecule has 0 unspecified atom stereocenters. The van der Waals surface area contributed by atoms with Gasteiger partial charge in [-0.3, -0.25) is 4.79 Å². The first-order chi connectivity index (χ1) is 7.69. The Morgan fingerprint density at radius 3 is 2.31 bits per heavy atom. The molecule has 1 aromatic rings. The summed E-state index contributed by atoms with van der Waals surface area (Å²) in [7, 11) is 4.62. The molecule has 0 heterocycles. The summed E-state index contributed by atoms with van der Waals surface area (Å²) in [5.41, 5.74) is 1.07. The first-order valence-corrected chi connectivity index (χ1v) is 5.03.